The van der Waals surface area contributed by atoms with E-state index in [1.54, 1.807) is 12.1 Å². The number of rotatable bonds is 2. The molecule has 4 rings (SSSR count). The van der Waals surface area contributed by atoms with Gasteiger partial charge in [-0.2, -0.15) is 22.8 Å². The Kier molecular flexibility index (Phi) is 4.20. The maximum Gasteiger partial charge on any atom is 0.435 e. The average molecular weight is 377 g/mol. The second kappa shape index (κ2) is 6.44. The molecule has 1 aromatic carbocycles. The first-order chi connectivity index (χ1) is 12.9. The number of aromatic amines is 1. The summed E-state index contributed by atoms with van der Waals surface area (Å²) in [4.78, 5) is 15.7. The van der Waals surface area contributed by atoms with Crippen LogP contribution in [0.3, 0.4) is 0 Å². The summed E-state index contributed by atoms with van der Waals surface area (Å²) in [5.41, 5.74) is -1.24. The molecule has 8 heteroatoms. The maximum absolute atomic E-state index is 13.6. The number of nitrogens with one attached hydrogen (secondary N) is 1. The normalized spacial score (nSPS) is 16.1. The molecule has 27 heavy (non-hydrogen) atoms. The van der Waals surface area contributed by atoms with Gasteiger partial charge in [-0.1, -0.05) is 37.5 Å². The van der Waals surface area contributed by atoms with Gasteiger partial charge in [0.05, 0.1) is 5.56 Å². The number of phenolic OH excluding ortho intramolecular Hbond substituents is 1. The Morgan fingerprint density at radius 1 is 1.11 bits per heavy atom. The summed E-state index contributed by atoms with van der Waals surface area (Å²) >= 11 is 0. The number of aromatic hydroxyl groups is 1. The van der Waals surface area contributed by atoms with E-state index in [0.29, 0.717) is 12.8 Å². The van der Waals surface area contributed by atoms with Crippen molar-refractivity contribution in [3.05, 3.63) is 52.1 Å². The van der Waals surface area contributed by atoms with Crippen molar-refractivity contribution in [2.75, 3.05) is 0 Å². The molecule has 0 bridgehead atoms. The van der Waals surface area contributed by atoms with Gasteiger partial charge < -0.3 is 10.1 Å². The van der Waals surface area contributed by atoms with Crippen LogP contribution in [0, 0.1) is 0 Å². The van der Waals surface area contributed by atoms with Crippen LogP contribution in [0.1, 0.15) is 49.3 Å². The summed E-state index contributed by atoms with van der Waals surface area (Å²) in [5, 5.41) is 13.6. The fourth-order valence-corrected chi connectivity index (χ4v) is 3.91. The molecule has 2 heterocycles. The van der Waals surface area contributed by atoms with E-state index in [2.05, 4.69) is 10.1 Å². The molecule has 142 valence electrons. The lowest BCUT2D eigenvalue weighted by atomic mass is 9.84. The van der Waals surface area contributed by atoms with Gasteiger partial charge in [0.15, 0.2) is 5.69 Å². The third-order valence-corrected chi connectivity index (χ3v) is 5.17. The first-order valence-corrected chi connectivity index (χ1v) is 8.88. The lowest BCUT2D eigenvalue weighted by Crippen LogP contribution is -2.18. The van der Waals surface area contributed by atoms with Crippen molar-refractivity contribution in [3.8, 4) is 16.9 Å². The quantitative estimate of drug-likeness (QED) is 0.693. The van der Waals surface area contributed by atoms with E-state index in [9.17, 15) is 23.1 Å². The lowest BCUT2D eigenvalue weighted by Gasteiger charge is -2.22. The number of nitrogens with zero attached hydrogens (tertiary/aromatic N) is 2. The van der Waals surface area contributed by atoms with Gasteiger partial charge in [0, 0.05) is 17.3 Å². The van der Waals surface area contributed by atoms with Gasteiger partial charge in [0.1, 0.15) is 11.4 Å². The summed E-state index contributed by atoms with van der Waals surface area (Å²) < 4.78 is 41.7. The van der Waals surface area contributed by atoms with E-state index in [1.807, 2.05) is 0 Å². The van der Waals surface area contributed by atoms with E-state index in [1.165, 1.54) is 18.3 Å². The summed E-state index contributed by atoms with van der Waals surface area (Å²) in [6.07, 6.45) is 0.723. The first-order valence-electron chi connectivity index (χ1n) is 8.88. The average Bonchev–Trinajstić information content (AvgIpc) is 3.05. The summed E-state index contributed by atoms with van der Waals surface area (Å²) in [5.74, 6) is -0.405. The third kappa shape index (κ3) is 2.98. The van der Waals surface area contributed by atoms with Crippen LogP contribution < -0.4 is 5.56 Å². The topological polar surface area (TPSA) is 70.4 Å². The van der Waals surface area contributed by atoms with E-state index in [0.717, 1.165) is 23.8 Å². The number of fused-ring (bicyclic) bond motifs is 1. The Bertz CT molecular complexity index is 1050. The Labute approximate surface area is 152 Å². The molecule has 0 spiro atoms. The van der Waals surface area contributed by atoms with Gasteiger partial charge in [-0.05, 0) is 24.8 Å². The van der Waals surface area contributed by atoms with Crippen molar-refractivity contribution in [2.24, 2.45) is 0 Å². The highest BCUT2D eigenvalue weighted by atomic mass is 19.4. The van der Waals surface area contributed by atoms with Crippen molar-refractivity contribution in [2.45, 2.75) is 44.2 Å². The van der Waals surface area contributed by atoms with Gasteiger partial charge in [0.2, 0.25) is 0 Å². The minimum atomic E-state index is -4.64. The van der Waals surface area contributed by atoms with Crippen molar-refractivity contribution in [3.63, 3.8) is 0 Å². The summed E-state index contributed by atoms with van der Waals surface area (Å²) in [6, 6.07) is 6.18. The van der Waals surface area contributed by atoms with Crippen LogP contribution in [0.15, 0.2) is 35.3 Å². The number of aromatic nitrogens is 3. The molecule has 0 saturated heterocycles. The second-order valence-electron chi connectivity index (χ2n) is 6.88. The molecule has 1 aliphatic carbocycles. The van der Waals surface area contributed by atoms with Crippen LogP contribution >= 0.6 is 0 Å². The zero-order valence-electron chi connectivity index (χ0n) is 14.4. The van der Waals surface area contributed by atoms with Crippen LogP contribution in [0.25, 0.3) is 16.8 Å². The number of para-hydroxylation sites is 1. The van der Waals surface area contributed by atoms with Crippen LogP contribution in [0.4, 0.5) is 13.2 Å². The van der Waals surface area contributed by atoms with Gasteiger partial charge in [-0.25, -0.2) is 0 Å². The molecule has 0 amide bonds. The molecule has 0 unspecified atom stereocenters. The Morgan fingerprint density at radius 2 is 1.81 bits per heavy atom. The molecular formula is C19H18F3N3O2. The molecule has 1 fully saturated rings. The molecule has 0 radical (unpaired) electrons. The van der Waals surface area contributed by atoms with Gasteiger partial charge in [-0.3, -0.25) is 4.79 Å². The van der Waals surface area contributed by atoms with Gasteiger partial charge in [0.25, 0.3) is 5.56 Å². The molecule has 0 atom stereocenters. The summed E-state index contributed by atoms with van der Waals surface area (Å²) in [7, 11) is 0. The van der Waals surface area contributed by atoms with E-state index < -0.39 is 17.4 Å². The molecule has 5 nitrogen and oxygen atoms in total. The number of H-pyrrole nitrogens is 1. The Hall–Kier alpha value is -2.77. The molecular weight excluding hydrogens is 359 g/mol. The van der Waals surface area contributed by atoms with Crippen molar-refractivity contribution in [1.29, 1.82) is 0 Å². The zero-order valence-corrected chi connectivity index (χ0v) is 14.4. The van der Waals surface area contributed by atoms with E-state index >= 15 is 0 Å². The highest BCUT2D eigenvalue weighted by Gasteiger charge is 2.41. The van der Waals surface area contributed by atoms with Gasteiger partial charge >= 0.3 is 6.18 Å². The highest BCUT2D eigenvalue weighted by Crippen LogP contribution is 2.41. The number of alkyl halides is 3. The van der Waals surface area contributed by atoms with E-state index in [-0.39, 0.29) is 34.0 Å². The largest absolute Gasteiger partial charge is 0.507 e. The standard InChI is InChI=1S/C19H18F3N3O2/c20-19(21,22)16-15(11-6-2-1-3-7-11)17-23-10-13(18(27)25(17)24-16)12-8-4-5-9-14(12)26/h4-5,8-11,23,26H,1-3,6-7H2. The Balaban J connectivity index is 1.97. The van der Waals surface area contributed by atoms with Gasteiger partial charge in [-0.15, -0.1) is 0 Å². The van der Waals surface area contributed by atoms with Crippen molar-refractivity contribution in [1.82, 2.24) is 14.6 Å². The molecule has 0 aliphatic heterocycles. The monoisotopic (exact) mass is 377 g/mol. The molecule has 2 N–H and O–H groups in total. The van der Waals surface area contributed by atoms with Crippen LogP contribution in [-0.2, 0) is 6.18 Å². The SMILES string of the molecule is O=c1c(-c2ccccc2O)c[nH]c2c(C3CCCCC3)c(C(F)(F)F)nn12. The first kappa shape index (κ1) is 17.6. The van der Waals surface area contributed by atoms with Crippen LogP contribution in [0.5, 0.6) is 5.75 Å². The third-order valence-electron chi connectivity index (χ3n) is 5.17. The minimum Gasteiger partial charge on any atom is -0.507 e. The molecule has 1 aliphatic rings. The Morgan fingerprint density at radius 3 is 2.48 bits per heavy atom. The predicted octanol–water partition coefficient (Wildman–Crippen LogP) is 4.46. The smallest absolute Gasteiger partial charge is 0.435 e. The number of hydrogen-bond donors (Lipinski definition) is 2. The number of phenols is 1. The van der Waals surface area contributed by atoms with Crippen molar-refractivity contribution < 1.29 is 18.3 Å². The minimum absolute atomic E-state index is 0.0621. The van der Waals surface area contributed by atoms with E-state index in [4.69, 9.17) is 0 Å². The molecule has 1 saturated carbocycles. The van der Waals surface area contributed by atoms with Crippen LogP contribution in [0.2, 0.25) is 0 Å². The summed E-state index contributed by atoms with van der Waals surface area (Å²) in [6.45, 7) is 0. The predicted molar refractivity (Wildman–Crippen MR) is 93.7 cm³/mol. The maximum atomic E-state index is 13.6. The lowest BCUT2D eigenvalue weighted by molar-refractivity contribution is -0.142. The molecule has 2 aromatic heterocycles. The molecule has 3 aromatic rings. The number of benzene rings is 1. The second-order valence-corrected chi connectivity index (χ2v) is 6.88. The number of halogens is 3. The van der Waals surface area contributed by atoms with Crippen LogP contribution in [-0.4, -0.2) is 19.7 Å². The zero-order chi connectivity index (χ0) is 19.2. The fourth-order valence-electron chi connectivity index (χ4n) is 3.91. The number of hydrogen-bond acceptors (Lipinski definition) is 3. The fraction of sp³-hybridized carbons (Fsp3) is 0.368. The highest BCUT2D eigenvalue weighted by molar-refractivity contribution is 5.70. The van der Waals surface area contributed by atoms with Crippen molar-refractivity contribution >= 4 is 5.65 Å².